The SMILES string of the molecule is CCCc1ccc(-c2ccccc2C(=O)N2CCC(OC)C2C(=O)O)cc1. The standard InChI is InChI=1S/C22H25NO4/c1-3-6-15-9-11-16(12-10-15)17-7-4-5-8-18(17)21(24)23-14-13-19(27-2)20(23)22(25)26/h4-5,7-12,19-20H,3,6,13-14H2,1-2H3,(H,25,26). The molecule has 1 aliphatic rings. The van der Waals surface area contributed by atoms with Crippen molar-refractivity contribution >= 4 is 11.9 Å². The maximum Gasteiger partial charge on any atom is 0.329 e. The average Bonchev–Trinajstić information content (AvgIpc) is 3.13. The third-order valence-electron chi connectivity index (χ3n) is 5.12. The summed E-state index contributed by atoms with van der Waals surface area (Å²) in [6.07, 6.45) is 2.15. The fourth-order valence-corrected chi connectivity index (χ4v) is 3.75. The number of carbonyl (C=O) groups is 2. The molecule has 0 aliphatic carbocycles. The number of hydrogen-bond donors (Lipinski definition) is 1. The molecule has 2 aromatic rings. The maximum atomic E-state index is 13.2. The third-order valence-corrected chi connectivity index (χ3v) is 5.12. The molecular formula is C22H25NO4. The molecule has 142 valence electrons. The number of rotatable bonds is 6. The van der Waals surface area contributed by atoms with Crippen molar-refractivity contribution in [3.63, 3.8) is 0 Å². The van der Waals surface area contributed by atoms with Gasteiger partial charge in [0, 0.05) is 19.2 Å². The van der Waals surface area contributed by atoms with E-state index in [1.54, 1.807) is 6.07 Å². The van der Waals surface area contributed by atoms with Gasteiger partial charge in [0.1, 0.15) is 0 Å². The number of likely N-dealkylation sites (tertiary alicyclic amines) is 1. The predicted molar refractivity (Wildman–Crippen MR) is 104 cm³/mol. The Balaban J connectivity index is 1.93. The summed E-state index contributed by atoms with van der Waals surface area (Å²) in [6.45, 7) is 2.52. The lowest BCUT2D eigenvalue weighted by Crippen LogP contribution is -2.45. The molecule has 0 aromatic heterocycles. The van der Waals surface area contributed by atoms with Gasteiger partial charge < -0.3 is 14.7 Å². The summed E-state index contributed by atoms with van der Waals surface area (Å²) in [5.41, 5.74) is 3.55. The van der Waals surface area contributed by atoms with E-state index < -0.39 is 18.1 Å². The highest BCUT2D eigenvalue weighted by atomic mass is 16.5. The first-order valence-electron chi connectivity index (χ1n) is 9.31. The van der Waals surface area contributed by atoms with E-state index in [1.165, 1.54) is 17.6 Å². The molecule has 1 saturated heterocycles. The Morgan fingerprint density at radius 3 is 2.48 bits per heavy atom. The first-order valence-corrected chi connectivity index (χ1v) is 9.31. The van der Waals surface area contributed by atoms with E-state index in [-0.39, 0.29) is 5.91 Å². The highest BCUT2D eigenvalue weighted by Crippen LogP contribution is 2.29. The highest BCUT2D eigenvalue weighted by molar-refractivity contribution is 6.02. The van der Waals surface area contributed by atoms with Crippen molar-refractivity contribution < 1.29 is 19.4 Å². The summed E-state index contributed by atoms with van der Waals surface area (Å²) < 4.78 is 5.28. The Labute approximate surface area is 159 Å². The van der Waals surface area contributed by atoms with Gasteiger partial charge >= 0.3 is 5.97 Å². The molecule has 3 rings (SSSR count). The topological polar surface area (TPSA) is 66.8 Å². The van der Waals surface area contributed by atoms with E-state index in [4.69, 9.17) is 4.74 Å². The first-order chi connectivity index (χ1) is 13.1. The summed E-state index contributed by atoms with van der Waals surface area (Å²) >= 11 is 0. The van der Waals surface area contributed by atoms with Crippen LogP contribution in [0, 0.1) is 0 Å². The van der Waals surface area contributed by atoms with Gasteiger partial charge in [0.15, 0.2) is 6.04 Å². The summed E-state index contributed by atoms with van der Waals surface area (Å²) in [4.78, 5) is 26.3. The Hall–Kier alpha value is -2.66. The van der Waals surface area contributed by atoms with Crippen molar-refractivity contribution in [2.24, 2.45) is 0 Å². The van der Waals surface area contributed by atoms with Crippen LogP contribution in [-0.2, 0) is 16.0 Å². The Bertz CT molecular complexity index is 815. The molecule has 0 spiro atoms. The van der Waals surface area contributed by atoms with Crippen LogP contribution in [0.5, 0.6) is 0 Å². The van der Waals surface area contributed by atoms with Crippen LogP contribution in [0.1, 0.15) is 35.7 Å². The molecule has 27 heavy (non-hydrogen) atoms. The smallest absolute Gasteiger partial charge is 0.329 e. The molecule has 1 fully saturated rings. The summed E-state index contributed by atoms with van der Waals surface area (Å²) in [6, 6.07) is 14.6. The van der Waals surface area contributed by atoms with Crippen LogP contribution in [0.2, 0.25) is 0 Å². The van der Waals surface area contributed by atoms with Gasteiger partial charge in [-0.05, 0) is 35.6 Å². The maximum absolute atomic E-state index is 13.2. The number of amides is 1. The average molecular weight is 367 g/mol. The van der Waals surface area contributed by atoms with Gasteiger partial charge in [0.2, 0.25) is 0 Å². The van der Waals surface area contributed by atoms with Crippen LogP contribution >= 0.6 is 0 Å². The Morgan fingerprint density at radius 1 is 1.15 bits per heavy atom. The molecule has 2 atom stereocenters. The van der Waals surface area contributed by atoms with Crippen LogP contribution in [0.25, 0.3) is 11.1 Å². The highest BCUT2D eigenvalue weighted by Gasteiger charge is 2.42. The van der Waals surface area contributed by atoms with Gasteiger partial charge in [-0.3, -0.25) is 4.79 Å². The second-order valence-corrected chi connectivity index (χ2v) is 6.84. The zero-order valence-electron chi connectivity index (χ0n) is 15.7. The molecule has 1 aliphatic heterocycles. The van der Waals surface area contributed by atoms with Crippen LogP contribution < -0.4 is 0 Å². The van der Waals surface area contributed by atoms with E-state index in [0.29, 0.717) is 18.5 Å². The molecule has 2 unspecified atom stereocenters. The minimum atomic E-state index is -1.03. The first kappa shape index (κ1) is 19.1. The van der Waals surface area contributed by atoms with Crippen LogP contribution in [-0.4, -0.2) is 47.7 Å². The molecular weight excluding hydrogens is 342 g/mol. The lowest BCUT2D eigenvalue weighted by molar-refractivity contribution is -0.144. The van der Waals surface area contributed by atoms with Gasteiger partial charge in [0.25, 0.3) is 5.91 Å². The van der Waals surface area contributed by atoms with Gasteiger partial charge in [-0.2, -0.15) is 0 Å². The number of carboxylic acids is 1. The minimum absolute atomic E-state index is 0.268. The number of hydrogen-bond acceptors (Lipinski definition) is 3. The second kappa shape index (κ2) is 8.35. The third kappa shape index (κ3) is 3.88. The van der Waals surface area contributed by atoms with Crippen molar-refractivity contribution in [3.8, 4) is 11.1 Å². The number of ether oxygens (including phenoxy) is 1. The largest absolute Gasteiger partial charge is 0.480 e. The summed E-state index contributed by atoms with van der Waals surface area (Å²) in [5, 5.41) is 9.57. The number of aryl methyl sites for hydroxylation is 1. The number of methoxy groups -OCH3 is 1. The lowest BCUT2D eigenvalue weighted by Gasteiger charge is -2.25. The van der Waals surface area contributed by atoms with Crippen molar-refractivity contribution in [1.82, 2.24) is 4.90 Å². The lowest BCUT2D eigenvalue weighted by atomic mass is 9.97. The normalized spacial score (nSPS) is 19.3. The Kier molecular flexibility index (Phi) is 5.91. The number of benzene rings is 2. The second-order valence-electron chi connectivity index (χ2n) is 6.84. The molecule has 1 amide bonds. The number of aliphatic carboxylic acids is 1. The minimum Gasteiger partial charge on any atom is -0.480 e. The van der Waals surface area contributed by atoms with Gasteiger partial charge in [-0.25, -0.2) is 4.79 Å². The van der Waals surface area contributed by atoms with Crippen molar-refractivity contribution in [2.75, 3.05) is 13.7 Å². The zero-order valence-corrected chi connectivity index (χ0v) is 15.7. The number of nitrogens with zero attached hydrogens (tertiary/aromatic N) is 1. The van der Waals surface area contributed by atoms with Crippen molar-refractivity contribution in [1.29, 1.82) is 0 Å². The van der Waals surface area contributed by atoms with Crippen molar-refractivity contribution in [3.05, 3.63) is 59.7 Å². The fraction of sp³-hybridized carbons (Fsp3) is 0.364. The zero-order chi connectivity index (χ0) is 19.4. The quantitative estimate of drug-likeness (QED) is 0.847. The van der Waals surface area contributed by atoms with Gasteiger partial charge in [0.05, 0.1) is 6.10 Å². The van der Waals surface area contributed by atoms with Crippen LogP contribution in [0.15, 0.2) is 48.5 Å². The molecule has 0 radical (unpaired) electrons. The van der Waals surface area contributed by atoms with E-state index in [9.17, 15) is 14.7 Å². The molecule has 0 bridgehead atoms. The van der Waals surface area contributed by atoms with Crippen LogP contribution in [0.3, 0.4) is 0 Å². The summed E-state index contributed by atoms with van der Waals surface area (Å²) in [5.74, 6) is -1.30. The van der Waals surface area contributed by atoms with E-state index in [1.807, 2.05) is 30.3 Å². The predicted octanol–water partition coefficient (Wildman–Crippen LogP) is 3.62. The van der Waals surface area contributed by atoms with E-state index >= 15 is 0 Å². The van der Waals surface area contributed by atoms with Crippen LogP contribution in [0.4, 0.5) is 0 Å². The monoisotopic (exact) mass is 367 g/mol. The Morgan fingerprint density at radius 2 is 1.85 bits per heavy atom. The van der Waals surface area contributed by atoms with Gasteiger partial charge in [-0.1, -0.05) is 55.8 Å². The van der Waals surface area contributed by atoms with Crippen molar-refractivity contribution in [2.45, 2.75) is 38.3 Å². The summed E-state index contributed by atoms with van der Waals surface area (Å²) in [7, 11) is 1.49. The molecule has 1 heterocycles. The molecule has 2 aromatic carbocycles. The number of carbonyl (C=O) groups excluding carboxylic acids is 1. The molecule has 5 nitrogen and oxygen atoms in total. The van der Waals surface area contributed by atoms with E-state index in [0.717, 1.165) is 24.0 Å². The molecule has 5 heteroatoms. The molecule has 0 saturated carbocycles. The van der Waals surface area contributed by atoms with E-state index in [2.05, 4.69) is 19.1 Å². The fourth-order valence-electron chi connectivity index (χ4n) is 3.75. The molecule has 1 N–H and O–H groups in total. The van der Waals surface area contributed by atoms with Gasteiger partial charge in [-0.15, -0.1) is 0 Å². The number of carboxylic acid groups (broad SMARTS) is 1.